The van der Waals surface area contributed by atoms with Gasteiger partial charge in [-0.1, -0.05) is 31.9 Å². The van der Waals surface area contributed by atoms with E-state index in [0.29, 0.717) is 11.8 Å². The third-order valence-electron chi connectivity index (χ3n) is 2.73. The fourth-order valence-corrected chi connectivity index (χ4v) is 3.21. The van der Waals surface area contributed by atoms with Crippen molar-refractivity contribution >= 4 is 22.9 Å². The maximum Gasteiger partial charge on any atom is 0.0931 e. The highest BCUT2D eigenvalue weighted by Crippen LogP contribution is 2.35. The van der Waals surface area contributed by atoms with Crippen molar-refractivity contribution in [1.29, 1.82) is 0 Å². The number of halogens is 1. The van der Waals surface area contributed by atoms with E-state index in [-0.39, 0.29) is 0 Å². The van der Waals surface area contributed by atoms with E-state index >= 15 is 0 Å². The van der Waals surface area contributed by atoms with E-state index in [1.165, 1.54) is 17.7 Å². The van der Waals surface area contributed by atoms with Gasteiger partial charge in [0, 0.05) is 4.88 Å². The molecule has 1 unspecified atom stereocenters. The Kier molecular flexibility index (Phi) is 5.65. The first-order valence-electron chi connectivity index (χ1n) is 5.60. The van der Waals surface area contributed by atoms with Crippen LogP contribution < -0.4 is 5.73 Å². The van der Waals surface area contributed by atoms with Crippen LogP contribution in [0.1, 0.15) is 43.9 Å². The van der Waals surface area contributed by atoms with E-state index in [1.807, 2.05) is 6.07 Å². The van der Waals surface area contributed by atoms with Crippen LogP contribution in [0, 0.1) is 5.92 Å². The molecule has 0 aliphatic rings. The molecule has 15 heavy (non-hydrogen) atoms. The normalized spacial score (nSPS) is 13.4. The zero-order valence-electron chi connectivity index (χ0n) is 9.50. The number of hydrogen-bond donors (Lipinski definition) is 1. The summed E-state index contributed by atoms with van der Waals surface area (Å²) in [6, 6.07) is 4.17. The number of hydrogen-bond acceptors (Lipinski definition) is 2. The Labute approximate surface area is 102 Å². The lowest BCUT2D eigenvalue weighted by Crippen LogP contribution is -2.06. The van der Waals surface area contributed by atoms with Crippen LogP contribution in [0.3, 0.4) is 0 Å². The van der Waals surface area contributed by atoms with Crippen LogP contribution in [-0.4, -0.2) is 6.54 Å². The lowest BCUT2D eigenvalue weighted by atomic mass is 9.89. The Morgan fingerprint density at radius 2 is 2.07 bits per heavy atom. The van der Waals surface area contributed by atoms with Crippen LogP contribution in [0.5, 0.6) is 0 Å². The lowest BCUT2D eigenvalue weighted by molar-refractivity contribution is 0.456. The van der Waals surface area contributed by atoms with E-state index in [2.05, 4.69) is 19.9 Å². The van der Waals surface area contributed by atoms with Crippen LogP contribution in [0.4, 0.5) is 0 Å². The van der Waals surface area contributed by atoms with Crippen molar-refractivity contribution < 1.29 is 0 Å². The highest BCUT2D eigenvalue weighted by atomic mass is 35.5. The fraction of sp³-hybridized carbons (Fsp3) is 0.667. The summed E-state index contributed by atoms with van der Waals surface area (Å²) >= 11 is 7.69. The molecule has 0 amide bonds. The van der Waals surface area contributed by atoms with Crippen LogP contribution in [0.2, 0.25) is 4.34 Å². The molecule has 0 spiro atoms. The van der Waals surface area contributed by atoms with E-state index in [0.717, 1.165) is 17.3 Å². The Hall–Kier alpha value is -0.0500. The van der Waals surface area contributed by atoms with Crippen molar-refractivity contribution in [3.05, 3.63) is 21.3 Å². The topological polar surface area (TPSA) is 26.0 Å². The molecular weight excluding hydrogens is 226 g/mol. The number of unbranched alkanes of at least 4 members (excludes halogenated alkanes) is 1. The van der Waals surface area contributed by atoms with Crippen molar-refractivity contribution in [2.75, 3.05) is 6.54 Å². The zero-order chi connectivity index (χ0) is 11.3. The maximum atomic E-state index is 5.97. The molecule has 3 heteroatoms. The van der Waals surface area contributed by atoms with Gasteiger partial charge in [0.05, 0.1) is 4.34 Å². The highest BCUT2D eigenvalue weighted by molar-refractivity contribution is 7.16. The number of nitrogens with two attached hydrogens (primary N) is 1. The van der Waals surface area contributed by atoms with Gasteiger partial charge < -0.3 is 5.73 Å². The quantitative estimate of drug-likeness (QED) is 0.745. The van der Waals surface area contributed by atoms with Gasteiger partial charge in [-0.3, -0.25) is 0 Å². The molecule has 1 atom stereocenters. The molecule has 0 aliphatic carbocycles. The standard InChI is InChI=1S/C12H20ClNS/c1-9(2)10(5-3-4-8-14)11-6-7-12(13)15-11/h6-7,9-10H,3-5,8,14H2,1-2H3. The minimum atomic E-state index is 0.647. The third-order valence-corrected chi connectivity index (χ3v) is 4.10. The SMILES string of the molecule is CC(C)C(CCCCN)c1ccc(Cl)s1. The first-order chi connectivity index (χ1) is 7.15. The molecule has 0 saturated carbocycles. The highest BCUT2D eigenvalue weighted by Gasteiger charge is 2.17. The zero-order valence-corrected chi connectivity index (χ0v) is 11.1. The Morgan fingerprint density at radius 1 is 1.33 bits per heavy atom. The number of thiophene rings is 1. The van der Waals surface area contributed by atoms with Crippen molar-refractivity contribution in [2.45, 2.75) is 39.0 Å². The Bertz CT molecular complexity index is 283. The van der Waals surface area contributed by atoms with E-state index in [1.54, 1.807) is 11.3 Å². The molecule has 0 aliphatic heterocycles. The molecule has 0 saturated heterocycles. The molecule has 1 aromatic heterocycles. The summed E-state index contributed by atoms with van der Waals surface area (Å²) in [4.78, 5) is 1.42. The van der Waals surface area contributed by atoms with Gasteiger partial charge >= 0.3 is 0 Å². The second-order valence-electron chi connectivity index (χ2n) is 4.28. The van der Waals surface area contributed by atoms with Crippen molar-refractivity contribution in [3.8, 4) is 0 Å². The molecule has 0 fully saturated rings. The van der Waals surface area contributed by atoms with Crippen molar-refractivity contribution in [2.24, 2.45) is 11.7 Å². The van der Waals surface area contributed by atoms with E-state index in [4.69, 9.17) is 17.3 Å². The molecule has 1 aromatic rings. The summed E-state index contributed by atoms with van der Waals surface area (Å²) in [5, 5.41) is 0. The number of rotatable bonds is 6. The van der Waals surface area contributed by atoms with Gasteiger partial charge in [-0.05, 0) is 43.4 Å². The van der Waals surface area contributed by atoms with E-state index < -0.39 is 0 Å². The predicted octanol–water partition coefficient (Wildman–Crippen LogP) is 4.27. The average Bonchev–Trinajstić information content (AvgIpc) is 2.59. The minimum absolute atomic E-state index is 0.647. The molecule has 0 radical (unpaired) electrons. The molecule has 1 nitrogen and oxygen atoms in total. The third kappa shape index (κ3) is 4.13. The fourth-order valence-electron chi connectivity index (χ4n) is 1.84. The second kappa shape index (κ2) is 6.51. The van der Waals surface area contributed by atoms with Crippen molar-refractivity contribution in [1.82, 2.24) is 0 Å². The van der Waals surface area contributed by atoms with Gasteiger partial charge in [0.15, 0.2) is 0 Å². The molecule has 1 rings (SSSR count). The first kappa shape index (κ1) is 13.0. The molecule has 86 valence electrons. The Balaban J connectivity index is 2.58. The van der Waals surface area contributed by atoms with E-state index in [9.17, 15) is 0 Å². The Morgan fingerprint density at radius 3 is 2.53 bits per heavy atom. The maximum absolute atomic E-state index is 5.97. The summed E-state index contributed by atoms with van der Waals surface area (Å²) in [6.07, 6.45) is 3.57. The van der Waals surface area contributed by atoms with Gasteiger partial charge in [0.1, 0.15) is 0 Å². The summed E-state index contributed by atoms with van der Waals surface area (Å²) in [5.74, 6) is 1.33. The van der Waals surface area contributed by atoms with Gasteiger partial charge in [-0.15, -0.1) is 11.3 Å². The van der Waals surface area contributed by atoms with Crippen LogP contribution >= 0.6 is 22.9 Å². The molecule has 1 heterocycles. The molecule has 0 aromatic carbocycles. The minimum Gasteiger partial charge on any atom is -0.330 e. The largest absolute Gasteiger partial charge is 0.330 e. The van der Waals surface area contributed by atoms with Crippen molar-refractivity contribution in [3.63, 3.8) is 0 Å². The van der Waals surface area contributed by atoms with Crippen LogP contribution in [0.25, 0.3) is 0 Å². The summed E-state index contributed by atoms with van der Waals surface area (Å²) in [7, 11) is 0. The second-order valence-corrected chi connectivity index (χ2v) is 6.02. The van der Waals surface area contributed by atoms with Gasteiger partial charge in [0.2, 0.25) is 0 Å². The lowest BCUT2D eigenvalue weighted by Gasteiger charge is -2.19. The first-order valence-corrected chi connectivity index (χ1v) is 6.80. The molecular formula is C12H20ClNS. The van der Waals surface area contributed by atoms with Crippen LogP contribution in [-0.2, 0) is 0 Å². The van der Waals surface area contributed by atoms with Crippen LogP contribution in [0.15, 0.2) is 12.1 Å². The summed E-state index contributed by atoms with van der Waals surface area (Å²) in [5.41, 5.74) is 5.52. The van der Waals surface area contributed by atoms with Gasteiger partial charge in [-0.2, -0.15) is 0 Å². The van der Waals surface area contributed by atoms with Gasteiger partial charge in [0.25, 0.3) is 0 Å². The molecule has 2 N–H and O–H groups in total. The molecule has 0 bridgehead atoms. The average molecular weight is 246 g/mol. The monoisotopic (exact) mass is 245 g/mol. The summed E-state index contributed by atoms with van der Waals surface area (Å²) in [6.45, 7) is 5.36. The van der Waals surface area contributed by atoms with Gasteiger partial charge in [-0.25, -0.2) is 0 Å². The predicted molar refractivity (Wildman–Crippen MR) is 69.8 cm³/mol. The smallest absolute Gasteiger partial charge is 0.0931 e. The summed E-state index contributed by atoms with van der Waals surface area (Å²) < 4.78 is 0.898.